The molecule has 1 aromatic heterocycles. The van der Waals surface area contributed by atoms with Gasteiger partial charge in [0.25, 0.3) is 5.60 Å². The van der Waals surface area contributed by atoms with E-state index in [2.05, 4.69) is 4.89 Å². The van der Waals surface area contributed by atoms with E-state index in [1.165, 1.54) is 38.1 Å². The lowest BCUT2D eigenvalue weighted by molar-refractivity contribution is -0.381. The third-order valence-electron chi connectivity index (χ3n) is 10.5. The maximum atomic E-state index is 14.7. The highest BCUT2D eigenvalue weighted by molar-refractivity contribution is 5.91. The predicted molar refractivity (Wildman–Crippen MR) is 195 cm³/mol. The van der Waals surface area contributed by atoms with Crippen molar-refractivity contribution in [2.45, 2.75) is 120 Å². The van der Waals surface area contributed by atoms with Crippen molar-refractivity contribution >= 4 is 16.9 Å². The summed E-state index contributed by atoms with van der Waals surface area (Å²) in [7, 11) is 0. The molecule has 324 valence electrons. The lowest BCUT2D eigenvalue weighted by atomic mass is 9.95. The smallest absolute Gasteiger partial charge is 0.347 e. The van der Waals surface area contributed by atoms with Gasteiger partial charge in [-0.25, -0.2) is 9.68 Å². The zero-order valence-electron chi connectivity index (χ0n) is 31.9. The molecular weight excluding hydrogens is 792 g/mol. The molecule has 3 aliphatic rings. The number of benzene rings is 2. The molecular formula is C38H46O21. The summed E-state index contributed by atoms with van der Waals surface area (Å²) in [6.07, 6.45) is -21.1. The zero-order chi connectivity index (χ0) is 43.2. The van der Waals surface area contributed by atoms with Crippen molar-refractivity contribution in [2.24, 2.45) is 0 Å². The van der Waals surface area contributed by atoms with Gasteiger partial charge in [-0.15, -0.1) is 0 Å². The van der Waals surface area contributed by atoms with Crippen LogP contribution in [0, 0.1) is 0 Å². The molecule has 6 rings (SSSR count). The number of allylic oxidation sites excluding steroid dienone is 2. The fraction of sp³-hybridized carbons (Fsp3) is 0.526. The summed E-state index contributed by atoms with van der Waals surface area (Å²) in [5.41, 5.74) is -3.38. The van der Waals surface area contributed by atoms with E-state index >= 15 is 0 Å². The highest BCUT2D eigenvalue weighted by atomic mass is 17.1. The Balaban J connectivity index is 1.52. The van der Waals surface area contributed by atoms with Crippen LogP contribution in [0.25, 0.3) is 22.3 Å². The molecule has 21 nitrogen and oxygen atoms in total. The maximum Gasteiger partial charge on any atom is 0.347 e. The van der Waals surface area contributed by atoms with Crippen molar-refractivity contribution in [3.05, 3.63) is 57.8 Å². The van der Waals surface area contributed by atoms with Crippen LogP contribution < -0.4 is 14.9 Å². The Bertz CT molecular complexity index is 2080. The van der Waals surface area contributed by atoms with Crippen molar-refractivity contribution < 1.29 is 98.8 Å². The fourth-order valence-electron chi connectivity index (χ4n) is 7.02. The van der Waals surface area contributed by atoms with Gasteiger partial charge in [0.05, 0.1) is 18.8 Å². The second-order valence-electron chi connectivity index (χ2n) is 14.7. The van der Waals surface area contributed by atoms with Gasteiger partial charge in [-0.1, -0.05) is 11.6 Å². The monoisotopic (exact) mass is 838 g/mol. The van der Waals surface area contributed by atoms with Crippen LogP contribution in [0.5, 0.6) is 23.0 Å². The summed E-state index contributed by atoms with van der Waals surface area (Å²) in [6.45, 7) is 5.35. The molecule has 21 heteroatoms. The Hall–Kier alpha value is -4.46. The van der Waals surface area contributed by atoms with Crippen LogP contribution in [0.1, 0.15) is 33.3 Å². The first-order chi connectivity index (χ1) is 27.9. The van der Waals surface area contributed by atoms with Crippen molar-refractivity contribution in [3.63, 3.8) is 0 Å². The van der Waals surface area contributed by atoms with E-state index in [9.17, 15) is 65.9 Å². The zero-order valence-corrected chi connectivity index (χ0v) is 31.9. The number of rotatable bonds is 12. The van der Waals surface area contributed by atoms with Crippen LogP contribution in [-0.4, -0.2) is 154 Å². The van der Waals surface area contributed by atoms with Gasteiger partial charge < -0.3 is 83.9 Å². The number of aromatic hydroxyl groups is 2. The minimum atomic E-state index is -2.97. The SMILES string of the molecule is CC(C)=CCc1c(O[C@@H]2O[C@H](CO)[C@@H](O)[C@H](O)[C@H]2O)cc(O)c2c(=O)c(O[C@@H]3O[C@@H](C)[C@H](O)[C@@H](O)[C@H]3OC3OC(C)C(O)C3(OO)C(=O)O)c(-c3ccc(O)cc3)oc12. The molecule has 0 spiro atoms. The number of carboxylic acid groups (broad SMARTS) is 1. The molecule has 2 aromatic carbocycles. The number of carboxylic acids is 1. The average Bonchev–Trinajstić information content (AvgIpc) is 3.44. The summed E-state index contributed by atoms with van der Waals surface area (Å²) in [6, 6.07) is 6.16. The number of aliphatic hydroxyl groups is 7. The van der Waals surface area contributed by atoms with Gasteiger partial charge in [-0.3, -0.25) is 10.1 Å². The lowest BCUT2D eigenvalue weighted by Gasteiger charge is -2.42. The van der Waals surface area contributed by atoms with E-state index in [1.807, 2.05) is 0 Å². The number of hydrogen-bond donors (Lipinski definition) is 11. The van der Waals surface area contributed by atoms with Gasteiger partial charge in [-0.05, 0) is 58.4 Å². The second-order valence-corrected chi connectivity index (χ2v) is 14.7. The van der Waals surface area contributed by atoms with E-state index in [-0.39, 0.29) is 40.4 Å². The molecule has 0 radical (unpaired) electrons. The normalized spacial score (nSPS) is 34.7. The highest BCUT2D eigenvalue weighted by Gasteiger charge is 2.65. The highest BCUT2D eigenvalue weighted by Crippen LogP contribution is 2.43. The molecule has 3 saturated heterocycles. The van der Waals surface area contributed by atoms with Crippen LogP contribution in [0.3, 0.4) is 0 Å². The summed E-state index contributed by atoms with van der Waals surface area (Å²) in [5.74, 6) is -4.19. The van der Waals surface area contributed by atoms with Gasteiger partial charge in [0.1, 0.15) is 70.9 Å². The number of ether oxygens (including phenoxy) is 6. The first-order valence-corrected chi connectivity index (χ1v) is 18.3. The molecule has 3 fully saturated rings. The van der Waals surface area contributed by atoms with E-state index in [0.29, 0.717) is 0 Å². The Labute approximate surface area is 333 Å². The number of aliphatic carboxylic acids is 1. The Morgan fingerprint density at radius 1 is 0.864 bits per heavy atom. The van der Waals surface area contributed by atoms with Gasteiger partial charge >= 0.3 is 5.97 Å². The first-order valence-electron chi connectivity index (χ1n) is 18.3. The topological polar surface area (TPSA) is 334 Å². The third kappa shape index (κ3) is 7.98. The van der Waals surface area contributed by atoms with Crippen LogP contribution in [-0.2, 0) is 35.1 Å². The van der Waals surface area contributed by atoms with Crippen molar-refractivity contribution in [1.29, 1.82) is 0 Å². The quantitative estimate of drug-likeness (QED) is 0.0605. The number of phenolic OH excluding ortho intramolecular Hbond substituents is 2. The maximum absolute atomic E-state index is 14.7. The lowest BCUT2D eigenvalue weighted by Crippen LogP contribution is -2.63. The van der Waals surface area contributed by atoms with Crippen LogP contribution >= 0.6 is 0 Å². The minimum absolute atomic E-state index is 0.0445. The van der Waals surface area contributed by atoms with E-state index in [4.69, 9.17) is 32.8 Å². The summed E-state index contributed by atoms with van der Waals surface area (Å²) >= 11 is 0. The molecule has 3 aliphatic heterocycles. The van der Waals surface area contributed by atoms with Gasteiger partial charge in [0, 0.05) is 17.2 Å². The molecule has 4 unspecified atom stereocenters. The molecule has 0 amide bonds. The Kier molecular flexibility index (Phi) is 12.9. The first kappa shape index (κ1) is 44.1. The fourth-order valence-corrected chi connectivity index (χ4v) is 7.02. The van der Waals surface area contributed by atoms with E-state index < -0.39 is 120 Å². The summed E-state index contributed by atoms with van der Waals surface area (Å²) in [4.78, 5) is 31.3. The molecule has 0 saturated carbocycles. The van der Waals surface area contributed by atoms with Crippen molar-refractivity contribution in [1.82, 2.24) is 0 Å². The van der Waals surface area contributed by atoms with Crippen LogP contribution in [0.2, 0.25) is 0 Å². The molecule has 4 heterocycles. The van der Waals surface area contributed by atoms with Crippen LogP contribution in [0.15, 0.2) is 51.2 Å². The Morgan fingerprint density at radius 2 is 1.54 bits per heavy atom. The number of fused-ring (bicyclic) bond motifs is 1. The standard InChI is InChI=1S/C38H46O21/c1-13(2)5-10-18-20(54-34-28(47)26(45)24(43)21(12-39)55-34)11-19(41)22-25(44)31(29(56-30(18)22)16-6-8-17(40)9-7-16)57-35-32(27(46)23(42)14(3)52-35)58-37-38(59-51,36(49)50)33(48)15(4)53-37/h5-9,11,14-15,21,23-24,26-28,32-35,37,39-43,45-48,51H,10,12H2,1-4H3,(H,49,50)/t14-,15?,21+,23-,24+,26-,27+,28+,32+,33?,34+,35-,37?,38?/m0/s1. The molecule has 3 aromatic rings. The third-order valence-corrected chi connectivity index (χ3v) is 10.5. The van der Waals surface area contributed by atoms with Crippen molar-refractivity contribution in [3.8, 4) is 34.3 Å². The number of aliphatic hydroxyl groups excluding tert-OH is 7. The number of carbonyl (C=O) groups is 1. The molecule has 0 bridgehead atoms. The molecule has 11 N–H and O–H groups in total. The van der Waals surface area contributed by atoms with Gasteiger partial charge in [-0.2, -0.15) is 0 Å². The van der Waals surface area contributed by atoms with E-state index in [1.54, 1.807) is 19.9 Å². The number of phenols is 2. The van der Waals surface area contributed by atoms with Crippen LogP contribution in [0.4, 0.5) is 0 Å². The summed E-state index contributed by atoms with van der Waals surface area (Å²) < 4.78 is 41.0. The minimum Gasteiger partial charge on any atom is -0.508 e. The Morgan fingerprint density at radius 3 is 2.15 bits per heavy atom. The molecule has 59 heavy (non-hydrogen) atoms. The summed E-state index contributed by atoms with van der Waals surface area (Å²) in [5, 5.41) is 115. The van der Waals surface area contributed by atoms with E-state index in [0.717, 1.165) is 11.6 Å². The van der Waals surface area contributed by atoms with Gasteiger partial charge in [0.2, 0.25) is 30.0 Å². The number of hydrogen-bond acceptors (Lipinski definition) is 20. The van der Waals surface area contributed by atoms with Crippen molar-refractivity contribution in [2.75, 3.05) is 6.61 Å². The predicted octanol–water partition coefficient (Wildman–Crippen LogP) is -0.792. The molecule has 14 atom stereocenters. The van der Waals surface area contributed by atoms with Gasteiger partial charge in [0.15, 0.2) is 11.9 Å². The molecule has 0 aliphatic carbocycles. The second kappa shape index (κ2) is 17.3. The largest absolute Gasteiger partial charge is 0.508 e. The average molecular weight is 839 g/mol.